The van der Waals surface area contributed by atoms with Crippen LogP contribution in [0.3, 0.4) is 0 Å². The van der Waals surface area contributed by atoms with Gasteiger partial charge in [0.2, 0.25) is 0 Å². The van der Waals surface area contributed by atoms with Crippen LogP contribution in [0.2, 0.25) is 0 Å². The van der Waals surface area contributed by atoms with Crippen LogP contribution in [-0.4, -0.2) is 11.5 Å². The van der Waals surface area contributed by atoms with E-state index in [0.717, 1.165) is 13.0 Å². The summed E-state index contributed by atoms with van der Waals surface area (Å²) >= 11 is 1.72. The zero-order valence-electron chi connectivity index (χ0n) is 9.39. The average molecular weight is 232 g/mol. The summed E-state index contributed by atoms with van der Waals surface area (Å²) in [6.07, 6.45) is 2.87. The molecular weight excluding hydrogens is 216 g/mol. The highest BCUT2D eigenvalue weighted by Gasteiger charge is 2.03. The number of aromatic nitrogens is 1. The second-order valence-electron chi connectivity index (χ2n) is 3.76. The van der Waals surface area contributed by atoms with Crippen LogP contribution in [0.4, 0.5) is 0 Å². The van der Waals surface area contributed by atoms with Gasteiger partial charge in [0.05, 0.1) is 5.01 Å². The van der Waals surface area contributed by atoms with Crippen LogP contribution < -0.4 is 5.32 Å². The van der Waals surface area contributed by atoms with Gasteiger partial charge in [0, 0.05) is 30.6 Å². The molecule has 0 saturated carbocycles. The Bertz CT molecular complexity index is 397. The van der Waals surface area contributed by atoms with Crippen molar-refractivity contribution in [2.45, 2.75) is 19.4 Å². The third kappa shape index (κ3) is 3.15. The number of benzene rings is 1. The lowest BCUT2D eigenvalue weighted by molar-refractivity contribution is 0.576. The molecule has 1 atom stereocenters. The highest BCUT2D eigenvalue weighted by atomic mass is 32.1. The van der Waals surface area contributed by atoms with Gasteiger partial charge in [-0.2, -0.15) is 0 Å². The normalized spacial score (nSPS) is 12.6. The molecule has 1 aromatic carbocycles. The predicted octanol–water partition coefficient (Wildman–Crippen LogP) is 3.04. The molecule has 1 unspecified atom stereocenters. The fourth-order valence-electron chi connectivity index (χ4n) is 1.63. The molecule has 2 nitrogen and oxygen atoms in total. The molecule has 2 rings (SSSR count). The fourth-order valence-corrected chi connectivity index (χ4v) is 2.25. The summed E-state index contributed by atoms with van der Waals surface area (Å²) in [4.78, 5) is 4.26. The molecule has 3 heteroatoms. The Labute approximate surface area is 100 Å². The van der Waals surface area contributed by atoms with E-state index in [4.69, 9.17) is 0 Å². The molecule has 0 aliphatic carbocycles. The summed E-state index contributed by atoms with van der Waals surface area (Å²) in [5.74, 6) is 0. The van der Waals surface area contributed by atoms with Gasteiger partial charge in [0.15, 0.2) is 0 Å². The second kappa shape index (κ2) is 5.77. The van der Waals surface area contributed by atoms with Crippen LogP contribution in [0, 0.1) is 0 Å². The minimum absolute atomic E-state index is 0.404. The van der Waals surface area contributed by atoms with E-state index in [1.807, 2.05) is 17.6 Å². The number of thiazole rings is 1. The highest BCUT2D eigenvalue weighted by molar-refractivity contribution is 7.09. The van der Waals surface area contributed by atoms with Crippen LogP contribution in [0.15, 0.2) is 41.9 Å². The SMILES string of the molecule is CC(NCCc1nccs1)c1ccccc1. The molecule has 1 heterocycles. The van der Waals surface area contributed by atoms with Crippen LogP contribution in [-0.2, 0) is 6.42 Å². The first kappa shape index (κ1) is 11.3. The lowest BCUT2D eigenvalue weighted by Crippen LogP contribution is -2.21. The summed E-state index contributed by atoms with van der Waals surface area (Å²) in [5, 5.41) is 6.73. The van der Waals surface area contributed by atoms with Gasteiger partial charge in [-0.25, -0.2) is 4.98 Å². The monoisotopic (exact) mass is 232 g/mol. The summed E-state index contributed by atoms with van der Waals surface area (Å²) in [6, 6.07) is 10.9. The van der Waals surface area contributed by atoms with Crippen molar-refractivity contribution in [2.24, 2.45) is 0 Å². The summed E-state index contributed by atoms with van der Waals surface area (Å²) in [5.41, 5.74) is 1.33. The number of hydrogen-bond donors (Lipinski definition) is 1. The topological polar surface area (TPSA) is 24.9 Å². The maximum Gasteiger partial charge on any atom is 0.0937 e. The molecule has 84 valence electrons. The molecule has 0 saturated heterocycles. The molecule has 0 radical (unpaired) electrons. The minimum atomic E-state index is 0.404. The molecule has 0 aliphatic rings. The fraction of sp³-hybridized carbons (Fsp3) is 0.308. The smallest absolute Gasteiger partial charge is 0.0937 e. The van der Waals surface area contributed by atoms with Crippen molar-refractivity contribution >= 4 is 11.3 Å². The van der Waals surface area contributed by atoms with E-state index in [1.165, 1.54) is 10.6 Å². The zero-order valence-corrected chi connectivity index (χ0v) is 10.2. The summed E-state index contributed by atoms with van der Waals surface area (Å²) in [6.45, 7) is 3.17. The van der Waals surface area contributed by atoms with Crippen molar-refractivity contribution in [3.05, 3.63) is 52.5 Å². The summed E-state index contributed by atoms with van der Waals surface area (Å²) in [7, 11) is 0. The van der Waals surface area contributed by atoms with E-state index in [0.29, 0.717) is 6.04 Å². The third-order valence-electron chi connectivity index (χ3n) is 2.57. The van der Waals surface area contributed by atoms with Gasteiger partial charge in [-0.05, 0) is 12.5 Å². The van der Waals surface area contributed by atoms with E-state index >= 15 is 0 Å². The molecule has 0 fully saturated rings. The Hall–Kier alpha value is -1.19. The molecule has 2 aromatic rings. The van der Waals surface area contributed by atoms with Gasteiger partial charge in [0.25, 0.3) is 0 Å². The Morgan fingerprint density at radius 1 is 1.31 bits per heavy atom. The Morgan fingerprint density at radius 3 is 2.81 bits per heavy atom. The first-order valence-corrected chi connectivity index (χ1v) is 6.41. The molecule has 16 heavy (non-hydrogen) atoms. The lowest BCUT2D eigenvalue weighted by atomic mass is 10.1. The van der Waals surface area contributed by atoms with Crippen molar-refractivity contribution in [1.29, 1.82) is 0 Å². The average Bonchev–Trinajstić information content (AvgIpc) is 2.83. The molecule has 0 amide bonds. The third-order valence-corrected chi connectivity index (χ3v) is 3.41. The van der Waals surface area contributed by atoms with Gasteiger partial charge in [0.1, 0.15) is 0 Å². The maximum atomic E-state index is 4.26. The highest BCUT2D eigenvalue weighted by Crippen LogP contribution is 2.11. The molecule has 0 aliphatic heterocycles. The first-order chi connectivity index (χ1) is 7.86. The van der Waals surface area contributed by atoms with Crippen LogP contribution in [0.5, 0.6) is 0 Å². The molecule has 1 aromatic heterocycles. The zero-order chi connectivity index (χ0) is 11.2. The number of nitrogens with one attached hydrogen (secondary N) is 1. The van der Waals surface area contributed by atoms with Crippen molar-refractivity contribution < 1.29 is 0 Å². The van der Waals surface area contributed by atoms with Gasteiger partial charge in [-0.15, -0.1) is 11.3 Å². The van der Waals surface area contributed by atoms with E-state index in [2.05, 4.69) is 41.5 Å². The Kier molecular flexibility index (Phi) is 4.08. The largest absolute Gasteiger partial charge is 0.310 e. The Balaban J connectivity index is 1.78. The van der Waals surface area contributed by atoms with Crippen molar-refractivity contribution in [3.8, 4) is 0 Å². The molecule has 1 N–H and O–H groups in total. The van der Waals surface area contributed by atoms with Gasteiger partial charge >= 0.3 is 0 Å². The first-order valence-electron chi connectivity index (χ1n) is 5.53. The number of nitrogens with zero attached hydrogens (tertiary/aromatic N) is 1. The summed E-state index contributed by atoms with van der Waals surface area (Å²) < 4.78 is 0. The van der Waals surface area contributed by atoms with Crippen molar-refractivity contribution in [2.75, 3.05) is 6.54 Å². The standard InChI is InChI=1S/C13H16N2S/c1-11(12-5-3-2-4-6-12)14-8-7-13-15-9-10-16-13/h2-6,9-11,14H,7-8H2,1H3. The van der Waals surface area contributed by atoms with E-state index in [1.54, 1.807) is 11.3 Å². The number of rotatable bonds is 5. The van der Waals surface area contributed by atoms with Crippen LogP contribution in [0.1, 0.15) is 23.5 Å². The van der Waals surface area contributed by atoms with Gasteiger partial charge in [-0.1, -0.05) is 30.3 Å². The lowest BCUT2D eigenvalue weighted by Gasteiger charge is -2.13. The molecule has 0 spiro atoms. The van der Waals surface area contributed by atoms with E-state index < -0.39 is 0 Å². The molecular formula is C13H16N2S. The van der Waals surface area contributed by atoms with Gasteiger partial charge in [-0.3, -0.25) is 0 Å². The van der Waals surface area contributed by atoms with Crippen LogP contribution >= 0.6 is 11.3 Å². The quantitative estimate of drug-likeness (QED) is 0.857. The van der Waals surface area contributed by atoms with E-state index in [9.17, 15) is 0 Å². The second-order valence-corrected chi connectivity index (χ2v) is 4.74. The molecule has 0 bridgehead atoms. The van der Waals surface area contributed by atoms with E-state index in [-0.39, 0.29) is 0 Å². The van der Waals surface area contributed by atoms with Crippen molar-refractivity contribution in [1.82, 2.24) is 10.3 Å². The number of hydrogen-bond acceptors (Lipinski definition) is 3. The predicted molar refractivity (Wildman–Crippen MR) is 68.7 cm³/mol. The van der Waals surface area contributed by atoms with Crippen LogP contribution in [0.25, 0.3) is 0 Å². The maximum absolute atomic E-state index is 4.26. The minimum Gasteiger partial charge on any atom is -0.310 e. The van der Waals surface area contributed by atoms with Gasteiger partial charge < -0.3 is 5.32 Å². The Morgan fingerprint density at radius 2 is 2.12 bits per heavy atom. The van der Waals surface area contributed by atoms with Crippen molar-refractivity contribution in [3.63, 3.8) is 0 Å².